The monoisotopic (exact) mass is 216 g/mol. The molecule has 0 saturated heterocycles. The molecule has 0 rings (SSSR count). The molecule has 3 nitrogen and oxygen atoms in total. The van der Waals surface area contributed by atoms with Gasteiger partial charge in [-0.25, -0.2) is 0 Å². The Bertz CT molecular complexity index is 205. The Hall–Kier alpha value is -0.570. The highest BCUT2D eigenvalue weighted by molar-refractivity contribution is 5.66. The van der Waals surface area contributed by atoms with E-state index in [0.29, 0.717) is 6.42 Å². The van der Waals surface area contributed by atoms with Gasteiger partial charge < -0.3 is 10.2 Å². The number of carbonyl (C=O) groups is 1. The number of aliphatic carboxylic acids is 1. The maximum absolute atomic E-state index is 10.5. The van der Waals surface area contributed by atoms with E-state index in [-0.39, 0.29) is 23.9 Å². The molecule has 0 aliphatic rings. The predicted octanol–water partition coefficient (Wildman–Crippen LogP) is 2.68. The summed E-state index contributed by atoms with van der Waals surface area (Å²) < 4.78 is 0. The first-order chi connectivity index (χ1) is 6.74. The maximum Gasteiger partial charge on any atom is 0.303 e. The van der Waals surface area contributed by atoms with Crippen molar-refractivity contribution in [1.29, 1.82) is 0 Å². The molecule has 2 N–H and O–H groups in total. The van der Waals surface area contributed by atoms with Gasteiger partial charge in [-0.1, -0.05) is 27.7 Å². The minimum atomic E-state index is -0.745. The predicted molar refractivity (Wildman–Crippen MR) is 60.8 cm³/mol. The molecule has 0 aliphatic carbocycles. The quantitative estimate of drug-likeness (QED) is 0.688. The number of aliphatic hydroxyl groups is 1. The lowest BCUT2D eigenvalue weighted by atomic mass is 9.71. The summed E-state index contributed by atoms with van der Waals surface area (Å²) >= 11 is 0. The van der Waals surface area contributed by atoms with Crippen molar-refractivity contribution in [2.75, 3.05) is 6.61 Å². The van der Waals surface area contributed by atoms with Crippen molar-refractivity contribution in [3.8, 4) is 0 Å². The summed E-state index contributed by atoms with van der Waals surface area (Å²) in [7, 11) is 0. The molecule has 0 spiro atoms. The van der Waals surface area contributed by atoms with Gasteiger partial charge in [0.05, 0.1) is 0 Å². The maximum atomic E-state index is 10.5. The number of hydrogen-bond acceptors (Lipinski definition) is 2. The van der Waals surface area contributed by atoms with Gasteiger partial charge >= 0.3 is 5.97 Å². The first-order valence-electron chi connectivity index (χ1n) is 5.57. The van der Waals surface area contributed by atoms with Gasteiger partial charge in [0.1, 0.15) is 0 Å². The van der Waals surface area contributed by atoms with Gasteiger partial charge in [0.25, 0.3) is 0 Å². The second-order valence-corrected chi connectivity index (χ2v) is 5.56. The van der Waals surface area contributed by atoms with Crippen LogP contribution in [0.2, 0.25) is 0 Å². The molecular weight excluding hydrogens is 192 g/mol. The Morgan fingerprint density at radius 2 is 1.80 bits per heavy atom. The van der Waals surface area contributed by atoms with E-state index in [1.165, 1.54) is 0 Å². The molecule has 0 amide bonds. The Balaban J connectivity index is 4.28. The van der Waals surface area contributed by atoms with Crippen LogP contribution < -0.4 is 0 Å². The van der Waals surface area contributed by atoms with Crippen molar-refractivity contribution < 1.29 is 15.0 Å². The SMILES string of the molecule is CCC(C)(CO)CC(C)(C)CCC(=O)O. The number of aliphatic hydroxyl groups excluding tert-OH is 1. The zero-order valence-corrected chi connectivity index (χ0v) is 10.3. The number of carboxylic acids is 1. The van der Waals surface area contributed by atoms with E-state index in [4.69, 9.17) is 5.11 Å². The van der Waals surface area contributed by atoms with Gasteiger partial charge in [0.2, 0.25) is 0 Å². The molecule has 3 heteroatoms. The summed E-state index contributed by atoms with van der Waals surface area (Å²) in [6.07, 6.45) is 2.65. The number of hydrogen-bond donors (Lipinski definition) is 2. The lowest BCUT2D eigenvalue weighted by molar-refractivity contribution is -0.137. The molecular formula is C12H24O3. The lowest BCUT2D eigenvalue weighted by Gasteiger charge is -2.35. The Morgan fingerprint density at radius 1 is 1.27 bits per heavy atom. The molecule has 15 heavy (non-hydrogen) atoms. The fourth-order valence-corrected chi connectivity index (χ4v) is 1.98. The third-order valence-corrected chi connectivity index (χ3v) is 3.16. The van der Waals surface area contributed by atoms with Gasteiger partial charge in [-0.3, -0.25) is 4.79 Å². The Morgan fingerprint density at radius 3 is 2.13 bits per heavy atom. The highest BCUT2D eigenvalue weighted by Gasteiger charge is 2.30. The molecule has 0 aromatic heterocycles. The van der Waals surface area contributed by atoms with Crippen molar-refractivity contribution in [2.45, 2.75) is 53.4 Å². The zero-order chi connectivity index (χ0) is 12.1. The van der Waals surface area contributed by atoms with Crippen LogP contribution in [-0.2, 0) is 4.79 Å². The van der Waals surface area contributed by atoms with Crippen LogP contribution in [0.1, 0.15) is 53.4 Å². The van der Waals surface area contributed by atoms with Gasteiger partial charge in [-0.05, 0) is 30.1 Å². The molecule has 0 radical (unpaired) electrons. The summed E-state index contributed by atoms with van der Waals surface area (Å²) in [5, 5.41) is 17.9. The van der Waals surface area contributed by atoms with E-state index < -0.39 is 5.97 Å². The highest BCUT2D eigenvalue weighted by atomic mass is 16.4. The third kappa shape index (κ3) is 5.78. The summed E-state index contributed by atoms with van der Waals surface area (Å²) in [5.74, 6) is -0.745. The summed E-state index contributed by atoms with van der Waals surface area (Å²) in [6, 6.07) is 0. The van der Waals surface area contributed by atoms with Crippen molar-refractivity contribution in [3.63, 3.8) is 0 Å². The normalized spacial score (nSPS) is 16.1. The van der Waals surface area contributed by atoms with Crippen LogP contribution in [0.4, 0.5) is 0 Å². The largest absolute Gasteiger partial charge is 0.481 e. The van der Waals surface area contributed by atoms with Crippen molar-refractivity contribution in [3.05, 3.63) is 0 Å². The minimum absolute atomic E-state index is 0.0219. The molecule has 1 unspecified atom stereocenters. The molecule has 90 valence electrons. The van der Waals surface area contributed by atoms with Gasteiger partial charge in [0, 0.05) is 13.0 Å². The van der Waals surface area contributed by atoms with Crippen LogP contribution in [0.5, 0.6) is 0 Å². The van der Waals surface area contributed by atoms with E-state index in [2.05, 4.69) is 27.7 Å². The first-order valence-corrected chi connectivity index (χ1v) is 5.57. The Kier molecular flexibility index (Phi) is 5.29. The zero-order valence-electron chi connectivity index (χ0n) is 10.3. The topological polar surface area (TPSA) is 57.5 Å². The van der Waals surface area contributed by atoms with Gasteiger partial charge in [-0.2, -0.15) is 0 Å². The van der Waals surface area contributed by atoms with Crippen molar-refractivity contribution in [1.82, 2.24) is 0 Å². The van der Waals surface area contributed by atoms with Crippen LogP contribution in [0.3, 0.4) is 0 Å². The standard InChI is InChI=1S/C12H24O3/c1-5-12(4,9-13)8-11(2,3)7-6-10(14)15/h13H,5-9H2,1-4H3,(H,14,15). The van der Waals surface area contributed by atoms with Crippen LogP contribution in [0, 0.1) is 10.8 Å². The second kappa shape index (κ2) is 5.50. The molecule has 0 bridgehead atoms. The summed E-state index contributed by atoms with van der Waals surface area (Å²) in [4.78, 5) is 10.5. The molecule has 0 aliphatic heterocycles. The summed E-state index contributed by atoms with van der Waals surface area (Å²) in [5.41, 5.74) is -0.103. The van der Waals surface area contributed by atoms with E-state index >= 15 is 0 Å². The lowest BCUT2D eigenvalue weighted by Crippen LogP contribution is -2.28. The third-order valence-electron chi connectivity index (χ3n) is 3.16. The molecule has 0 aromatic rings. The van der Waals surface area contributed by atoms with Crippen LogP contribution in [0.15, 0.2) is 0 Å². The van der Waals surface area contributed by atoms with E-state index in [1.807, 2.05) is 0 Å². The van der Waals surface area contributed by atoms with E-state index in [1.54, 1.807) is 0 Å². The average Bonchev–Trinajstić information content (AvgIpc) is 2.14. The fourth-order valence-electron chi connectivity index (χ4n) is 1.98. The first kappa shape index (κ1) is 14.4. The smallest absolute Gasteiger partial charge is 0.303 e. The number of rotatable bonds is 7. The van der Waals surface area contributed by atoms with Crippen LogP contribution in [0.25, 0.3) is 0 Å². The minimum Gasteiger partial charge on any atom is -0.481 e. The fraction of sp³-hybridized carbons (Fsp3) is 0.917. The van der Waals surface area contributed by atoms with Gasteiger partial charge in [-0.15, -0.1) is 0 Å². The second-order valence-electron chi connectivity index (χ2n) is 5.56. The highest BCUT2D eigenvalue weighted by Crippen LogP contribution is 2.38. The number of carboxylic acid groups (broad SMARTS) is 1. The van der Waals surface area contributed by atoms with E-state index in [0.717, 1.165) is 12.8 Å². The molecule has 0 heterocycles. The van der Waals surface area contributed by atoms with Crippen molar-refractivity contribution in [2.24, 2.45) is 10.8 Å². The van der Waals surface area contributed by atoms with Crippen LogP contribution in [-0.4, -0.2) is 22.8 Å². The molecule has 0 saturated carbocycles. The van der Waals surface area contributed by atoms with E-state index in [9.17, 15) is 9.90 Å². The van der Waals surface area contributed by atoms with Crippen molar-refractivity contribution >= 4 is 5.97 Å². The summed E-state index contributed by atoms with van der Waals surface area (Å²) in [6.45, 7) is 8.41. The Labute approximate surface area is 92.5 Å². The van der Waals surface area contributed by atoms with Gasteiger partial charge in [0.15, 0.2) is 0 Å². The van der Waals surface area contributed by atoms with Crippen LogP contribution >= 0.6 is 0 Å². The molecule has 1 atom stereocenters. The molecule has 0 aromatic carbocycles. The average molecular weight is 216 g/mol. The molecule has 0 fully saturated rings.